The van der Waals surface area contributed by atoms with Crippen molar-refractivity contribution in [3.63, 3.8) is 0 Å². The maximum absolute atomic E-state index is 5.56. The number of allylic oxidation sites excluding steroid dienone is 4. The zero-order valence-corrected chi connectivity index (χ0v) is 13.7. The highest BCUT2D eigenvalue weighted by molar-refractivity contribution is 5.55. The van der Waals surface area contributed by atoms with E-state index in [1.54, 1.807) is 6.20 Å². The summed E-state index contributed by atoms with van der Waals surface area (Å²) < 4.78 is 0. The van der Waals surface area contributed by atoms with Crippen LogP contribution in [0.5, 0.6) is 0 Å². The average Bonchev–Trinajstić information content (AvgIpc) is 2.59. The van der Waals surface area contributed by atoms with Crippen molar-refractivity contribution in [2.24, 2.45) is 5.73 Å². The molecular weight excluding hydrogens is 280 g/mol. The van der Waals surface area contributed by atoms with Gasteiger partial charge < -0.3 is 5.73 Å². The van der Waals surface area contributed by atoms with Gasteiger partial charge in [-0.2, -0.15) is 0 Å². The molecule has 0 aliphatic carbocycles. The molecule has 2 aromatic rings. The van der Waals surface area contributed by atoms with Crippen molar-refractivity contribution in [3.8, 4) is 0 Å². The van der Waals surface area contributed by atoms with Crippen LogP contribution >= 0.6 is 0 Å². The van der Waals surface area contributed by atoms with Crippen LogP contribution in [0.3, 0.4) is 0 Å². The molecular formula is C21H24N2. The Labute approximate surface area is 139 Å². The summed E-state index contributed by atoms with van der Waals surface area (Å²) in [6.07, 6.45) is 14.7. The van der Waals surface area contributed by atoms with Crippen molar-refractivity contribution in [1.29, 1.82) is 0 Å². The predicted molar refractivity (Wildman–Crippen MR) is 98.8 cm³/mol. The molecule has 23 heavy (non-hydrogen) atoms. The molecule has 2 rings (SSSR count). The molecule has 0 saturated carbocycles. The average molecular weight is 304 g/mol. The quantitative estimate of drug-likeness (QED) is 0.754. The number of rotatable bonds is 7. The van der Waals surface area contributed by atoms with Gasteiger partial charge >= 0.3 is 0 Å². The lowest BCUT2D eigenvalue weighted by molar-refractivity contribution is 0.921. The van der Waals surface area contributed by atoms with Crippen LogP contribution in [0.1, 0.15) is 30.2 Å². The minimum Gasteiger partial charge on any atom is -0.405 e. The highest BCUT2D eigenvalue weighted by Crippen LogP contribution is 2.11. The Morgan fingerprint density at radius 2 is 2.04 bits per heavy atom. The van der Waals surface area contributed by atoms with Crippen LogP contribution in [0.25, 0.3) is 6.08 Å². The van der Waals surface area contributed by atoms with Crippen molar-refractivity contribution in [2.45, 2.75) is 26.2 Å². The van der Waals surface area contributed by atoms with E-state index in [0.717, 1.165) is 30.5 Å². The number of hydrogen-bond acceptors (Lipinski definition) is 2. The first-order chi connectivity index (χ1) is 11.3. The molecule has 118 valence electrons. The van der Waals surface area contributed by atoms with Gasteiger partial charge in [-0.25, -0.2) is 0 Å². The number of aromatic nitrogens is 1. The van der Waals surface area contributed by atoms with Gasteiger partial charge in [-0.15, -0.1) is 0 Å². The lowest BCUT2D eigenvalue weighted by atomic mass is 10.1. The molecule has 1 aromatic heterocycles. The van der Waals surface area contributed by atoms with Crippen molar-refractivity contribution in [2.75, 3.05) is 0 Å². The molecule has 0 spiro atoms. The van der Waals surface area contributed by atoms with Crippen LogP contribution < -0.4 is 5.73 Å². The number of nitrogens with zero attached hydrogens (tertiary/aromatic N) is 1. The molecule has 0 aliphatic heterocycles. The molecule has 1 aromatic carbocycles. The summed E-state index contributed by atoms with van der Waals surface area (Å²) in [7, 11) is 0. The number of hydrogen-bond donors (Lipinski definition) is 1. The number of benzene rings is 1. The number of pyridine rings is 1. The minimum absolute atomic E-state index is 0.792. The standard InChI is InChI=1S/C21H24N2/c1-2-6-19-7-5-8-20(17-19)11-10-18(14-15-22)12-13-21-9-3-4-16-23-21/h3-5,7-12,14-17H,2,6,13,22H2,1H3/b11-10-,15-14-,18-12-. The first-order valence-corrected chi connectivity index (χ1v) is 8.07. The monoisotopic (exact) mass is 304 g/mol. The Bertz CT molecular complexity index is 682. The van der Waals surface area contributed by atoms with Gasteiger partial charge in [-0.05, 0) is 47.5 Å². The van der Waals surface area contributed by atoms with E-state index in [1.165, 1.54) is 11.1 Å². The molecule has 0 amide bonds. The molecule has 0 saturated heterocycles. The molecule has 2 N–H and O–H groups in total. The van der Waals surface area contributed by atoms with Crippen LogP contribution in [0.15, 0.2) is 78.7 Å². The van der Waals surface area contributed by atoms with Crippen LogP contribution in [0.4, 0.5) is 0 Å². The molecule has 0 fully saturated rings. The second kappa shape index (κ2) is 9.42. The maximum atomic E-state index is 5.56. The van der Waals surface area contributed by atoms with Gasteiger partial charge in [0.2, 0.25) is 0 Å². The number of nitrogens with two attached hydrogens (primary N) is 1. The molecule has 0 atom stereocenters. The Kier molecular flexibility index (Phi) is 6.86. The molecule has 1 heterocycles. The summed E-state index contributed by atoms with van der Waals surface area (Å²) in [5.41, 5.74) is 10.3. The zero-order chi connectivity index (χ0) is 16.3. The van der Waals surface area contributed by atoms with E-state index in [2.05, 4.69) is 54.4 Å². The first kappa shape index (κ1) is 16.8. The van der Waals surface area contributed by atoms with Crippen molar-refractivity contribution in [3.05, 3.63) is 95.5 Å². The second-order valence-corrected chi connectivity index (χ2v) is 5.42. The van der Waals surface area contributed by atoms with Gasteiger partial charge in [0.15, 0.2) is 0 Å². The van der Waals surface area contributed by atoms with Crippen LogP contribution in [0.2, 0.25) is 0 Å². The highest BCUT2D eigenvalue weighted by atomic mass is 14.7. The molecule has 2 nitrogen and oxygen atoms in total. The van der Waals surface area contributed by atoms with Crippen molar-refractivity contribution in [1.82, 2.24) is 4.98 Å². The fourth-order valence-corrected chi connectivity index (χ4v) is 2.38. The van der Waals surface area contributed by atoms with Gasteiger partial charge in [-0.1, -0.05) is 61.9 Å². The summed E-state index contributed by atoms with van der Waals surface area (Å²) in [5.74, 6) is 0. The lowest BCUT2D eigenvalue weighted by Gasteiger charge is -2.01. The van der Waals surface area contributed by atoms with Crippen LogP contribution in [-0.2, 0) is 12.8 Å². The normalized spacial score (nSPS) is 12.3. The third kappa shape index (κ3) is 5.95. The van der Waals surface area contributed by atoms with E-state index in [0.29, 0.717) is 0 Å². The Morgan fingerprint density at radius 1 is 1.13 bits per heavy atom. The van der Waals surface area contributed by atoms with E-state index in [4.69, 9.17) is 5.73 Å². The van der Waals surface area contributed by atoms with Gasteiger partial charge in [-0.3, -0.25) is 4.98 Å². The minimum atomic E-state index is 0.792. The first-order valence-electron chi connectivity index (χ1n) is 8.07. The summed E-state index contributed by atoms with van der Waals surface area (Å²) in [6, 6.07) is 14.6. The van der Waals surface area contributed by atoms with E-state index in [9.17, 15) is 0 Å². The molecule has 2 heteroatoms. The SMILES string of the molecule is CCCc1cccc(\C=C/C(/C=C\N)=C/Cc2ccccn2)c1. The van der Waals surface area contributed by atoms with E-state index < -0.39 is 0 Å². The molecule has 0 unspecified atom stereocenters. The highest BCUT2D eigenvalue weighted by Gasteiger charge is 1.94. The van der Waals surface area contributed by atoms with Gasteiger partial charge in [0.1, 0.15) is 0 Å². The second-order valence-electron chi connectivity index (χ2n) is 5.42. The number of aryl methyl sites for hydroxylation is 1. The molecule has 0 radical (unpaired) electrons. The topological polar surface area (TPSA) is 38.9 Å². The van der Waals surface area contributed by atoms with Crippen LogP contribution in [0, 0.1) is 0 Å². The van der Waals surface area contributed by atoms with Gasteiger partial charge in [0, 0.05) is 18.3 Å². The van der Waals surface area contributed by atoms with E-state index in [-0.39, 0.29) is 0 Å². The summed E-state index contributed by atoms with van der Waals surface area (Å²) >= 11 is 0. The maximum Gasteiger partial charge on any atom is 0.0441 e. The fourth-order valence-electron chi connectivity index (χ4n) is 2.38. The van der Waals surface area contributed by atoms with Crippen molar-refractivity contribution >= 4 is 6.08 Å². The fraction of sp³-hybridized carbons (Fsp3) is 0.190. The third-order valence-electron chi connectivity index (χ3n) is 3.52. The molecule has 0 bridgehead atoms. The van der Waals surface area contributed by atoms with Gasteiger partial charge in [0.25, 0.3) is 0 Å². The van der Waals surface area contributed by atoms with Crippen LogP contribution in [-0.4, -0.2) is 4.98 Å². The van der Waals surface area contributed by atoms with E-state index >= 15 is 0 Å². The molecule has 0 aliphatic rings. The smallest absolute Gasteiger partial charge is 0.0441 e. The Balaban J connectivity index is 2.10. The predicted octanol–water partition coefficient (Wildman–Crippen LogP) is 4.69. The van der Waals surface area contributed by atoms with Gasteiger partial charge in [0.05, 0.1) is 0 Å². The summed E-state index contributed by atoms with van der Waals surface area (Å²) in [5, 5.41) is 0. The van der Waals surface area contributed by atoms with E-state index in [1.807, 2.05) is 30.5 Å². The summed E-state index contributed by atoms with van der Waals surface area (Å²) in [6.45, 7) is 2.20. The Morgan fingerprint density at radius 3 is 2.78 bits per heavy atom. The zero-order valence-electron chi connectivity index (χ0n) is 13.7. The van der Waals surface area contributed by atoms with Crippen molar-refractivity contribution < 1.29 is 0 Å². The Hall–Kier alpha value is -2.61. The third-order valence-corrected chi connectivity index (χ3v) is 3.52. The lowest BCUT2D eigenvalue weighted by Crippen LogP contribution is -1.87. The largest absolute Gasteiger partial charge is 0.405 e. The summed E-state index contributed by atoms with van der Waals surface area (Å²) in [4.78, 5) is 4.34.